The Morgan fingerprint density at radius 3 is 2.73 bits per heavy atom. The maximum Gasteiger partial charge on any atom is 0.239 e. The number of carbonyl (C=O) groups excluding carboxylic acids is 1. The highest BCUT2D eigenvalue weighted by atomic mass is 16.2. The first-order valence-electron chi connectivity index (χ1n) is 5.96. The Hall–Kier alpha value is -0.610. The fraction of sp³-hybridized carbons (Fsp3) is 0.909. The van der Waals surface area contributed by atoms with Crippen molar-refractivity contribution >= 4 is 5.91 Å². The molecule has 0 saturated carbocycles. The van der Waals surface area contributed by atoms with Gasteiger partial charge in [0.15, 0.2) is 0 Å². The molecule has 0 aromatic rings. The van der Waals surface area contributed by atoms with Gasteiger partial charge in [-0.15, -0.1) is 0 Å². The largest absolute Gasteiger partial charge is 0.344 e. The van der Waals surface area contributed by atoms with Crippen LogP contribution in [-0.4, -0.2) is 50.1 Å². The molecule has 4 nitrogen and oxygen atoms in total. The SMILES string of the molecule is CN1CCC(NCC2CCNCC2)C1=O. The van der Waals surface area contributed by atoms with Gasteiger partial charge in [0.1, 0.15) is 0 Å². The van der Waals surface area contributed by atoms with Gasteiger partial charge in [-0.25, -0.2) is 0 Å². The van der Waals surface area contributed by atoms with Crippen molar-refractivity contribution in [1.29, 1.82) is 0 Å². The summed E-state index contributed by atoms with van der Waals surface area (Å²) in [6.07, 6.45) is 3.45. The minimum absolute atomic E-state index is 0.0879. The molecule has 2 N–H and O–H groups in total. The molecule has 0 aromatic heterocycles. The summed E-state index contributed by atoms with van der Waals surface area (Å²) in [6, 6.07) is 0.0879. The van der Waals surface area contributed by atoms with E-state index in [-0.39, 0.29) is 11.9 Å². The summed E-state index contributed by atoms with van der Waals surface area (Å²) in [7, 11) is 1.88. The predicted molar refractivity (Wildman–Crippen MR) is 59.6 cm³/mol. The summed E-state index contributed by atoms with van der Waals surface area (Å²) in [5.41, 5.74) is 0. The molecule has 2 heterocycles. The quantitative estimate of drug-likeness (QED) is 0.680. The topological polar surface area (TPSA) is 44.4 Å². The molecule has 0 aliphatic carbocycles. The predicted octanol–water partition coefficient (Wildman–Crippen LogP) is -0.194. The van der Waals surface area contributed by atoms with Crippen molar-refractivity contribution < 1.29 is 4.79 Å². The van der Waals surface area contributed by atoms with E-state index in [1.54, 1.807) is 0 Å². The van der Waals surface area contributed by atoms with E-state index in [2.05, 4.69) is 10.6 Å². The molecule has 1 unspecified atom stereocenters. The molecule has 15 heavy (non-hydrogen) atoms. The van der Waals surface area contributed by atoms with Crippen molar-refractivity contribution in [2.45, 2.75) is 25.3 Å². The van der Waals surface area contributed by atoms with Gasteiger partial charge >= 0.3 is 0 Å². The number of likely N-dealkylation sites (tertiary alicyclic amines) is 1. The van der Waals surface area contributed by atoms with Gasteiger partial charge in [0.25, 0.3) is 0 Å². The molecule has 1 amide bonds. The second-order valence-corrected chi connectivity index (χ2v) is 4.70. The van der Waals surface area contributed by atoms with E-state index < -0.39 is 0 Å². The maximum absolute atomic E-state index is 11.6. The molecular formula is C11H21N3O. The van der Waals surface area contributed by atoms with Crippen LogP contribution >= 0.6 is 0 Å². The minimum Gasteiger partial charge on any atom is -0.344 e. The first-order valence-corrected chi connectivity index (χ1v) is 5.96. The van der Waals surface area contributed by atoms with Gasteiger partial charge in [0.05, 0.1) is 6.04 Å². The number of hydrogen-bond donors (Lipinski definition) is 2. The van der Waals surface area contributed by atoms with Crippen molar-refractivity contribution in [2.75, 3.05) is 33.2 Å². The Morgan fingerprint density at radius 1 is 1.40 bits per heavy atom. The normalized spacial score (nSPS) is 28.7. The lowest BCUT2D eigenvalue weighted by Gasteiger charge is -2.24. The van der Waals surface area contributed by atoms with Crippen LogP contribution in [0.5, 0.6) is 0 Å². The zero-order valence-corrected chi connectivity index (χ0v) is 9.46. The summed E-state index contributed by atoms with van der Waals surface area (Å²) >= 11 is 0. The number of likely N-dealkylation sites (N-methyl/N-ethyl adjacent to an activating group) is 1. The van der Waals surface area contributed by atoms with Gasteiger partial charge in [-0.05, 0) is 44.8 Å². The number of nitrogens with zero attached hydrogens (tertiary/aromatic N) is 1. The second kappa shape index (κ2) is 4.94. The van der Waals surface area contributed by atoms with Crippen molar-refractivity contribution in [3.63, 3.8) is 0 Å². The number of rotatable bonds is 3. The summed E-state index contributed by atoms with van der Waals surface area (Å²) in [4.78, 5) is 13.4. The van der Waals surface area contributed by atoms with Gasteiger partial charge in [0, 0.05) is 13.6 Å². The van der Waals surface area contributed by atoms with Gasteiger partial charge in [-0.3, -0.25) is 4.79 Å². The number of carbonyl (C=O) groups is 1. The van der Waals surface area contributed by atoms with Crippen LogP contribution in [0, 0.1) is 5.92 Å². The molecular weight excluding hydrogens is 190 g/mol. The van der Waals surface area contributed by atoms with Crippen LogP contribution < -0.4 is 10.6 Å². The molecule has 0 radical (unpaired) electrons. The highest BCUT2D eigenvalue weighted by Crippen LogP contribution is 2.13. The van der Waals surface area contributed by atoms with Gasteiger partial charge in [0.2, 0.25) is 5.91 Å². The monoisotopic (exact) mass is 211 g/mol. The molecule has 86 valence electrons. The van der Waals surface area contributed by atoms with E-state index in [9.17, 15) is 4.79 Å². The molecule has 0 bridgehead atoms. The van der Waals surface area contributed by atoms with E-state index in [1.165, 1.54) is 12.8 Å². The summed E-state index contributed by atoms with van der Waals surface area (Å²) < 4.78 is 0. The van der Waals surface area contributed by atoms with Crippen molar-refractivity contribution in [3.05, 3.63) is 0 Å². The Morgan fingerprint density at radius 2 is 2.13 bits per heavy atom. The average molecular weight is 211 g/mol. The number of piperidine rings is 1. The van der Waals surface area contributed by atoms with Crippen molar-refractivity contribution in [2.24, 2.45) is 5.92 Å². The van der Waals surface area contributed by atoms with Gasteiger partial charge < -0.3 is 15.5 Å². The zero-order chi connectivity index (χ0) is 10.7. The standard InChI is InChI=1S/C11H21N3O/c1-14-7-4-10(11(14)15)13-8-9-2-5-12-6-3-9/h9-10,12-13H,2-8H2,1H3. The highest BCUT2D eigenvalue weighted by molar-refractivity contribution is 5.83. The van der Waals surface area contributed by atoms with E-state index in [0.29, 0.717) is 0 Å². The average Bonchev–Trinajstić information content (AvgIpc) is 2.59. The van der Waals surface area contributed by atoms with E-state index in [1.807, 2.05) is 11.9 Å². The Kier molecular flexibility index (Phi) is 3.59. The Bertz CT molecular complexity index is 226. The fourth-order valence-electron chi connectivity index (χ4n) is 2.41. The molecule has 2 aliphatic rings. The number of amides is 1. The Balaban J connectivity index is 1.71. The molecule has 0 spiro atoms. The molecule has 2 aliphatic heterocycles. The van der Waals surface area contributed by atoms with Crippen LogP contribution in [0.2, 0.25) is 0 Å². The molecule has 2 fully saturated rings. The van der Waals surface area contributed by atoms with Crippen LogP contribution in [0.15, 0.2) is 0 Å². The third kappa shape index (κ3) is 2.69. The van der Waals surface area contributed by atoms with Crippen LogP contribution in [0.4, 0.5) is 0 Å². The molecule has 4 heteroatoms. The van der Waals surface area contributed by atoms with Gasteiger partial charge in [-0.1, -0.05) is 0 Å². The minimum atomic E-state index is 0.0879. The summed E-state index contributed by atoms with van der Waals surface area (Å²) in [5.74, 6) is 1.02. The summed E-state index contributed by atoms with van der Waals surface area (Å²) in [6.45, 7) is 4.17. The van der Waals surface area contributed by atoms with Gasteiger partial charge in [-0.2, -0.15) is 0 Å². The second-order valence-electron chi connectivity index (χ2n) is 4.70. The Labute approximate surface area is 91.4 Å². The molecule has 2 saturated heterocycles. The molecule has 1 atom stereocenters. The smallest absolute Gasteiger partial charge is 0.239 e. The highest BCUT2D eigenvalue weighted by Gasteiger charge is 2.29. The maximum atomic E-state index is 11.6. The fourth-order valence-corrected chi connectivity index (χ4v) is 2.41. The van der Waals surface area contributed by atoms with Crippen LogP contribution in [-0.2, 0) is 4.79 Å². The van der Waals surface area contributed by atoms with Crippen molar-refractivity contribution in [3.8, 4) is 0 Å². The first-order chi connectivity index (χ1) is 7.27. The first kappa shape index (κ1) is 10.9. The van der Waals surface area contributed by atoms with Crippen LogP contribution in [0.3, 0.4) is 0 Å². The third-order valence-corrected chi connectivity index (χ3v) is 3.54. The zero-order valence-electron chi connectivity index (χ0n) is 9.46. The lowest BCUT2D eigenvalue weighted by molar-refractivity contribution is -0.128. The number of hydrogen-bond acceptors (Lipinski definition) is 3. The van der Waals surface area contributed by atoms with Crippen LogP contribution in [0.1, 0.15) is 19.3 Å². The van der Waals surface area contributed by atoms with E-state index >= 15 is 0 Å². The number of nitrogens with one attached hydrogen (secondary N) is 2. The molecule has 2 rings (SSSR count). The van der Waals surface area contributed by atoms with E-state index in [0.717, 1.165) is 38.5 Å². The van der Waals surface area contributed by atoms with Crippen molar-refractivity contribution in [1.82, 2.24) is 15.5 Å². The van der Waals surface area contributed by atoms with E-state index in [4.69, 9.17) is 0 Å². The lowest BCUT2D eigenvalue weighted by Crippen LogP contribution is -2.41. The summed E-state index contributed by atoms with van der Waals surface area (Å²) in [5, 5.41) is 6.77. The lowest BCUT2D eigenvalue weighted by atomic mass is 9.98. The molecule has 0 aromatic carbocycles. The third-order valence-electron chi connectivity index (χ3n) is 3.54. The van der Waals surface area contributed by atoms with Crippen LogP contribution in [0.25, 0.3) is 0 Å².